The molecule has 0 saturated carbocycles. The molecule has 0 unspecified atom stereocenters. The summed E-state index contributed by atoms with van der Waals surface area (Å²) in [6, 6.07) is 9.01. The minimum Gasteiger partial charge on any atom is -0.444 e. The number of hydrogen-bond donors (Lipinski definition) is 0. The van der Waals surface area contributed by atoms with Gasteiger partial charge in [0.1, 0.15) is 5.52 Å². The number of nitrogens with zero attached hydrogens (tertiary/aromatic N) is 3. The van der Waals surface area contributed by atoms with Gasteiger partial charge in [-0.3, -0.25) is 14.6 Å². The fraction of sp³-hybridized carbons (Fsp3) is 0.333. The summed E-state index contributed by atoms with van der Waals surface area (Å²) in [7, 11) is 0. The summed E-state index contributed by atoms with van der Waals surface area (Å²) in [5.41, 5.74) is 0.712. The van der Waals surface area contributed by atoms with Gasteiger partial charge < -0.3 is 9.15 Å². The maximum absolute atomic E-state index is 13.1. The fourth-order valence-electron chi connectivity index (χ4n) is 2.93. The number of morpholine rings is 1. The lowest BCUT2D eigenvalue weighted by molar-refractivity contribution is 0.0390. The van der Waals surface area contributed by atoms with E-state index in [1.54, 1.807) is 23.1 Å². The summed E-state index contributed by atoms with van der Waals surface area (Å²) in [5, 5.41) is 1.19. The Morgan fingerprint density at radius 3 is 2.81 bits per heavy atom. The Bertz CT molecular complexity index is 954. The van der Waals surface area contributed by atoms with Crippen LogP contribution in [0.25, 0.3) is 10.2 Å². The molecular formula is C18H17BrClN3O3S. The van der Waals surface area contributed by atoms with Crippen LogP contribution in [0.15, 0.2) is 39.4 Å². The van der Waals surface area contributed by atoms with Crippen molar-refractivity contribution in [3.05, 3.63) is 45.8 Å². The highest BCUT2D eigenvalue weighted by molar-refractivity contribution is 9.10. The van der Waals surface area contributed by atoms with Crippen LogP contribution >= 0.6 is 38.9 Å². The number of amides is 1. The molecule has 1 aliphatic heterocycles. The highest BCUT2D eigenvalue weighted by Crippen LogP contribution is 2.33. The third kappa shape index (κ3) is 4.20. The van der Waals surface area contributed by atoms with Crippen molar-refractivity contribution in [1.29, 1.82) is 0 Å². The SMILES string of the molecule is O=C(c1ccc(Br)o1)N(CCN1CCOCC1)c1nc2c(Cl)cccc2s1. The van der Waals surface area contributed by atoms with Crippen molar-refractivity contribution in [2.45, 2.75) is 0 Å². The van der Waals surface area contributed by atoms with E-state index in [4.69, 9.17) is 20.8 Å². The molecule has 6 nitrogen and oxygen atoms in total. The minimum atomic E-state index is -0.218. The predicted octanol–water partition coefficient (Wildman–Crippen LogP) is 4.28. The van der Waals surface area contributed by atoms with Crippen LogP contribution in [0.1, 0.15) is 10.6 Å². The van der Waals surface area contributed by atoms with Crippen LogP contribution in [0.3, 0.4) is 0 Å². The van der Waals surface area contributed by atoms with Crippen molar-refractivity contribution in [2.24, 2.45) is 0 Å². The molecule has 27 heavy (non-hydrogen) atoms. The number of benzene rings is 1. The van der Waals surface area contributed by atoms with Gasteiger partial charge in [-0.15, -0.1) is 0 Å². The van der Waals surface area contributed by atoms with Crippen LogP contribution < -0.4 is 4.90 Å². The number of thiazole rings is 1. The molecule has 1 aromatic carbocycles. The first-order chi connectivity index (χ1) is 13.1. The van der Waals surface area contributed by atoms with E-state index in [-0.39, 0.29) is 11.7 Å². The van der Waals surface area contributed by atoms with Gasteiger partial charge in [0.05, 0.1) is 22.9 Å². The zero-order valence-corrected chi connectivity index (χ0v) is 17.5. The number of ether oxygens (including phenoxy) is 1. The van der Waals surface area contributed by atoms with Crippen LogP contribution in [-0.4, -0.2) is 55.2 Å². The van der Waals surface area contributed by atoms with E-state index in [0.29, 0.717) is 26.9 Å². The first-order valence-electron chi connectivity index (χ1n) is 8.54. The summed E-state index contributed by atoms with van der Waals surface area (Å²) in [6.45, 7) is 4.40. The number of anilines is 1. The van der Waals surface area contributed by atoms with Gasteiger partial charge >= 0.3 is 0 Å². The molecule has 0 N–H and O–H groups in total. The van der Waals surface area contributed by atoms with Gasteiger partial charge in [0.15, 0.2) is 15.6 Å². The largest absolute Gasteiger partial charge is 0.444 e. The molecule has 0 spiro atoms. The van der Waals surface area contributed by atoms with E-state index in [9.17, 15) is 4.79 Å². The van der Waals surface area contributed by atoms with Gasteiger partial charge in [0.25, 0.3) is 5.91 Å². The Hall–Kier alpha value is -1.45. The molecule has 0 atom stereocenters. The highest BCUT2D eigenvalue weighted by atomic mass is 79.9. The number of carbonyl (C=O) groups is 1. The third-order valence-corrected chi connectivity index (χ3v) is 6.14. The monoisotopic (exact) mass is 469 g/mol. The van der Waals surface area contributed by atoms with Crippen LogP contribution in [-0.2, 0) is 4.74 Å². The molecule has 1 amide bonds. The van der Waals surface area contributed by atoms with Crippen molar-refractivity contribution in [2.75, 3.05) is 44.3 Å². The summed E-state index contributed by atoms with van der Waals surface area (Å²) in [5.74, 6) is 0.0540. The summed E-state index contributed by atoms with van der Waals surface area (Å²) < 4.78 is 12.3. The molecular weight excluding hydrogens is 454 g/mol. The standard InChI is InChI=1S/C18H17BrClN3O3S/c19-15-5-4-13(26-15)17(24)23(7-6-22-8-10-25-11-9-22)18-21-16-12(20)2-1-3-14(16)27-18/h1-5H,6-11H2. The van der Waals surface area contributed by atoms with Gasteiger partial charge in [-0.2, -0.15) is 0 Å². The summed E-state index contributed by atoms with van der Waals surface area (Å²) in [4.78, 5) is 21.7. The minimum absolute atomic E-state index is 0.218. The Kier molecular flexibility index (Phi) is 5.79. The average molecular weight is 471 g/mol. The Labute approximate surface area is 173 Å². The Morgan fingerprint density at radius 1 is 1.30 bits per heavy atom. The Balaban J connectivity index is 1.63. The van der Waals surface area contributed by atoms with Crippen molar-refractivity contribution in [3.8, 4) is 0 Å². The van der Waals surface area contributed by atoms with Crippen LogP contribution in [0.5, 0.6) is 0 Å². The van der Waals surface area contributed by atoms with E-state index >= 15 is 0 Å². The van der Waals surface area contributed by atoms with Gasteiger partial charge in [-0.05, 0) is 40.2 Å². The lowest BCUT2D eigenvalue weighted by Crippen LogP contribution is -2.43. The molecule has 4 rings (SSSR count). The van der Waals surface area contributed by atoms with Gasteiger partial charge in [0.2, 0.25) is 0 Å². The molecule has 142 valence electrons. The lowest BCUT2D eigenvalue weighted by atomic mass is 10.3. The second kappa shape index (κ2) is 8.28. The van der Waals surface area contributed by atoms with Crippen molar-refractivity contribution < 1.29 is 13.9 Å². The molecule has 0 aliphatic carbocycles. The topological polar surface area (TPSA) is 58.8 Å². The second-order valence-electron chi connectivity index (χ2n) is 6.10. The molecule has 1 fully saturated rings. The molecule has 1 aliphatic rings. The molecule has 2 aromatic heterocycles. The third-order valence-electron chi connectivity index (χ3n) is 4.36. The number of para-hydroxylation sites is 1. The zero-order chi connectivity index (χ0) is 18.8. The quantitative estimate of drug-likeness (QED) is 0.557. The summed E-state index contributed by atoms with van der Waals surface area (Å²) >= 11 is 11.0. The maximum Gasteiger partial charge on any atom is 0.295 e. The number of carbonyl (C=O) groups excluding carboxylic acids is 1. The molecule has 3 aromatic rings. The van der Waals surface area contributed by atoms with E-state index in [1.807, 2.05) is 12.1 Å². The van der Waals surface area contributed by atoms with Crippen LogP contribution in [0, 0.1) is 0 Å². The predicted molar refractivity (Wildman–Crippen MR) is 110 cm³/mol. The van der Waals surface area contributed by atoms with E-state index < -0.39 is 0 Å². The second-order valence-corrected chi connectivity index (χ2v) is 8.30. The number of halogens is 2. The number of hydrogen-bond acceptors (Lipinski definition) is 6. The lowest BCUT2D eigenvalue weighted by Gasteiger charge is -2.28. The highest BCUT2D eigenvalue weighted by Gasteiger charge is 2.25. The molecule has 3 heterocycles. The maximum atomic E-state index is 13.1. The fourth-order valence-corrected chi connectivity index (χ4v) is 4.53. The summed E-state index contributed by atoms with van der Waals surface area (Å²) in [6.07, 6.45) is 0. The average Bonchev–Trinajstić information content (AvgIpc) is 3.30. The van der Waals surface area contributed by atoms with Gasteiger partial charge in [-0.1, -0.05) is 29.0 Å². The van der Waals surface area contributed by atoms with Crippen molar-refractivity contribution >= 4 is 60.1 Å². The number of aromatic nitrogens is 1. The molecule has 1 saturated heterocycles. The normalized spacial score (nSPS) is 15.3. The zero-order valence-electron chi connectivity index (χ0n) is 14.4. The van der Waals surface area contributed by atoms with E-state index in [0.717, 1.165) is 37.5 Å². The van der Waals surface area contributed by atoms with Crippen LogP contribution in [0.4, 0.5) is 5.13 Å². The number of furan rings is 1. The first kappa shape index (κ1) is 18.9. The molecule has 0 radical (unpaired) electrons. The smallest absolute Gasteiger partial charge is 0.295 e. The van der Waals surface area contributed by atoms with E-state index in [1.165, 1.54) is 11.3 Å². The number of rotatable bonds is 5. The van der Waals surface area contributed by atoms with Crippen molar-refractivity contribution in [1.82, 2.24) is 9.88 Å². The van der Waals surface area contributed by atoms with Gasteiger partial charge in [0, 0.05) is 26.2 Å². The molecule has 9 heteroatoms. The van der Waals surface area contributed by atoms with Crippen LogP contribution in [0.2, 0.25) is 5.02 Å². The van der Waals surface area contributed by atoms with Crippen molar-refractivity contribution in [3.63, 3.8) is 0 Å². The first-order valence-corrected chi connectivity index (χ1v) is 10.5. The van der Waals surface area contributed by atoms with E-state index in [2.05, 4.69) is 25.8 Å². The number of fused-ring (bicyclic) bond motifs is 1. The Morgan fingerprint density at radius 2 is 2.11 bits per heavy atom. The molecule has 0 bridgehead atoms. The van der Waals surface area contributed by atoms with Gasteiger partial charge in [-0.25, -0.2) is 4.98 Å².